The van der Waals surface area contributed by atoms with Crippen LogP contribution in [-0.4, -0.2) is 43.1 Å². The maximum absolute atomic E-state index is 12.1. The van der Waals surface area contributed by atoms with Crippen molar-refractivity contribution in [3.05, 3.63) is 59.1 Å². The third kappa shape index (κ3) is 6.58. The van der Waals surface area contributed by atoms with E-state index in [1.165, 1.54) is 0 Å². The first-order valence-corrected chi connectivity index (χ1v) is 9.23. The van der Waals surface area contributed by atoms with E-state index in [1.807, 2.05) is 0 Å². The van der Waals surface area contributed by atoms with Crippen molar-refractivity contribution in [2.45, 2.75) is 13.8 Å². The number of amides is 2. The van der Waals surface area contributed by atoms with Crippen LogP contribution in [-0.2, 0) is 4.74 Å². The Morgan fingerprint density at radius 1 is 1.00 bits per heavy atom. The van der Waals surface area contributed by atoms with Crippen LogP contribution in [0.25, 0.3) is 0 Å². The largest absolute Gasteiger partial charge is 0.461 e. The minimum Gasteiger partial charge on any atom is -0.461 e. The second-order valence-electron chi connectivity index (χ2n) is 5.80. The zero-order valence-corrected chi connectivity index (χ0v) is 16.3. The van der Waals surface area contributed by atoms with Gasteiger partial charge in [0, 0.05) is 12.2 Å². The van der Waals surface area contributed by atoms with E-state index < -0.39 is 6.03 Å². The molecule has 2 aromatic rings. The molecule has 0 aliphatic carbocycles. The molecular formula is C20H24ClN3O3. The monoisotopic (exact) mass is 389 g/mol. The number of ether oxygens (including phenoxy) is 1. The first-order valence-electron chi connectivity index (χ1n) is 8.85. The molecule has 0 fully saturated rings. The van der Waals surface area contributed by atoms with Crippen LogP contribution in [0.3, 0.4) is 0 Å². The number of nitrogens with zero attached hydrogens (tertiary/aromatic N) is 1. The zero-order chi connectivity index (χ0) is 19.6. The normalized spacial score (nSPS) is 10.5. The van der Waals surface area contributed by atoms with E-state index >= 15 is 0 Å². The Morgan fingerprint density at radius 2 is 1.67 bits per heavy atom. The highest BCUT2D eigenvalue weighted by atomic mass is 35.5. The fraction of sp³-hybridized carbons (Fsp3) is 0.300. The maximum Gasteiger partial charge on any atom is 0.338 e. The number of para-hydroxylation sites is 1. The van der Waals surface area contributed by atoms with Crippen LogP contribution >= 0.6 is 11.6 Å². The highest BCUT2D eigenvalue weighted by Crippen LogP contribution is 2.20. The molecule has 0 atom stereocenters. The van der Waals surface area contributed by atoms with E-state index in [4.69, 9.17) is 16.3 Å². The number of carbonyl (C=O) groups is 2. The summed E-state index contributed by atoms with van der Waals surface area (Å²) in [6, 6.07) is 13.1. The van der Waals surface area contributed by atoms with Crippen molar-refractivity contribution in [2.24, 2.45) is 0 Å². The molecule has 0 unspecified atom stereocenters. The molecule has 2 amide bonds. The number of likely N-dealkylation sites (N-methyl/N-ethyl adjacent to an activating group) is 1. The number of carbonyl (C=O) groups excluding carboxylic acids is 2. The predicted molar refractivity (Wildman–Crippen MR) is 109 cm³/mol. The molecule has 0 aromatic heterocycles. The van der Waals surface area contributed by atoms with E-state index in [1.54, 1.807) is 48.5 Å². The van der Waals surface area contributed by atoms with Crippen LogP contribution in [0.2, 0.25) is 5.02 Å². The Hall–Kier alpha value is -2.57. The Bertz CT molecular complexity index is 761. The van der Waals surface area contributed by atoms with Crippen LogP contribution in [0, 0.1) is 0 Å². The van der Waals surface area contributed by atoms with Crippen molar-refractivity contribution in [1.82, 2.24) is 4.90 Å². The standard InChI is InChI=1S/C20H24ClN3O3/c1-3-24(4-2)13-14-27-19(25)15-9-11-16(12-10-15)22-20(26)23-18-8-6-5-7-17(18)21/h5-12H,3-4,13-14H2,1-2H3,(H2,22,23,26). The molecule has 0 saturated heterocycles. The molecule has 0 spiro atoms. The molecule has 2 N–H and O–H groups in total. The van der Waals surface area contributed by atoms with Gasteiger partial charge in [0.2, 0.25) is 0 Å². The Morgan fingerprint density at radius 3 is 2.30 bits per heavy atom. The van der Waals surface area contributed by atoms with Gasteiger partial charge in [0.25, 0.3) is 0 Å². The molecule has 7 heteroatoms. The van der Waals surface area contributed by atoms with E-state index in [2.05, 4.69) is 29.4 Å². The lowest BCUT2D eigenvalue weighted by molar-refractivity contribution is 0.0466. The van der Waals surface area contributed by atoms with Crippen LogP contribution in [0.15, 0.2) is 48.5 Å². The summed E-state index contributed by atoms with van der Waals surface area (Å²) in [5.74, 6) is -0.380. The first-order chi connectivity index (χ1) is 13.0. The molecule has 0 aliphatic rings. The molecule has 6 nitrogen and oxygen atoms in total. The van der Waals surface area contributed by atoms with Crippen molar-refractivity contribution in [3.8, 4) is 0 Å². The second-order valence-corrected chi connectivity index (χ2v) is 6.21. The van der Waals surface area contributed by atoms with Gasteiger partial charge in [-0.15, -0.1) is 0 Å². The van der Waals surface area contributed by atoms with Crippen LogP contribution in [0.1, 0.15) is 24.2 Å². The summed E-state index contributed by atoms with van der Waals surface area (Å²) < 4.78 is 5.28. The van der Waals surface area contributed by atoms with Crippen molar-refractivity contribution in [1.29, 1.82) is 0 Å². The highest BCUT2D eigenvalue weighted by Gasteiger charge is 2.09. The average Bonchev–Trinajstić information content (AvgIpc) is 2.67. The SMILES string of the molecule is CCN(CC)CCOC(=O)c1ccc(NC(=O)Nc2ccccc2Cl)cc1. The number of benzene rings is 2. The van der Waals surface area contributed by atoms with Gasteiger partial charge in [-0.2, -0.15) is 0 Å². The molecule has 27 heavy (non-hydrogen) atoms. The van der Waals surface area contributed by atoms with Gasteiger partial charge in [0.1, 0.15) is 6.61 Å². The molecule has 2 aromatic carbocycles. The molecule has 2 rings (SSSR count). The van der Waals surface area contributed by atoms with Crippen molar-refractivity contribution < 1.29 is 14.3 Å². The van der Waals surface area contributed by atoms with Crippen LogP contribution in [0.4, 0.5) is 16.2 Å². The summed E-state index contributed by atoms with van der Waals surface area (Å²) in [4.78, 5) is 26.3. The van der Waals surface area contributed by atoms with Crippen LogP contribution < -0.4 is 10.6 Å². The van der Waals surface area contributed by atoms with E-state index in [0.29, 0.717) is 35.1 Å². The van der Waals surface area contributed by atoms with Gasteiger partial charge in [-0.1, -0.05) is 37.6 Å². The molecule has 0 aliphatic heterocycles. The van der Waals surface area contributed by atoms with Gasteiger partial charge in [-0.3, -0.25) is 0 Å². The molecule has 0 radical (unpaired) electrons. The fourth-order valence-electron chi connectivity index (χ4n) is 2.43. The van der Waals surface area contributed by atoms with Gasteiger partial charge in [0.05, 0.1) is 16.3 Å². The summed E-state index contributed by atoms with van der Waals surface area (Å²) in [7, 11) is 0. The van der Waals surface area contributed by atoms with Crippen LogP contribution in [0.5, 0.6) is 0 Å². The highest BCUT2D eigenvalue weighted by molar-refractivity contribution is 6.33. The van der Waals surface area contributed by atoms with Gasteiger partial charge in [0.15, 0.2) is 0 Å². The molecular weight excluding hydrogens is 366 g/mol. The number of urea groups is 1. The molecule has 0 bridgehead atoms. The number of rotatable bonds is 8. The lowest BCUT2D eigenvalue weighted by atomic mass is 10.2. The third-order valence-corrected chi connectivity index (χ3v) is 4.37. The third-order valence-electron chi connectivity index (χ3n) is 4.04. The Kier molecular flexibility index (Phi) is 8.10. The summed E-state index contributed by atoms with van der Waals surface area (Å²) >= 11 is 6.01. The number of halogens is 1. The molecule has 0 saturated carbocycles. The molecule has 0 heterocycles. The summed E-state index contributed by atoms with van der Waals surface area (Å²) in [6.07, 6.45) is 0. The quantitative estimate of drug-likeness (QED) is 0.653. The minimum absolute atomic E-state index is 0.348. The Balaban J connectivity index is 1.84. The lowest BCUT2D eigenvalue weighted by Gasteiger charge is -2.17. The zero-order valence-electron chi connectivity index (χ0n) is 15.5. The number of hydrogen-bond donors (Lipinski definition) is 2. The summed E-state index contributed by atoms with van der Waals surface area (Å²) in [5, 5.41) is 5.81. The van der Waals surface area contributed by atoms with Gasteiger partial charge >= 0.3 is 12.0 Å². The van der Waals surface area contributed by atoms with E-state index in [-0.39, 0.29) is 5.97 Å². The smallest absolute Gasteiger partial charge is 0.338 e. The summed E-state index contributed by atoms with van der Waals surface area (Å²) in [5.41, 5.74) is 1.51. The Labute approximate surface area is 164 Å². The van der Waals surface area contributed by atoms with Gasteiger partial charge in [-0.05, 0) is 49.5 Å². The van der Waals surface area contributed by atoms with E-state index in [9.17, 15) is 9.59 Å². The topological polar surface area (TPSA) is 70.7 Å². The van der Waals surface area contributed by atoms with Gasteiger partial charge in [-0.25, -0.2) is 9.59 Å². The lowest BCUT2D eigenvalue weighted by Crippen LogP contribution is -2.27. The number of nitrogens with one attached hydrogen (secondary N) is 2. The average molecular weight is 390 g/mol. The first kappa shape index (κ1) is 20.7. The van der Waals surface area contributed by atoms with E-state index in [0.717, 1.165) is 13.1 Å². The number of esters is 1. The van der Waals surface area contributed by atoms with Gasteiger partial charge < -0.3 is 20.3 Å². The predicted octanol–water partition coefficient (Wildman–Crippen LogP) is 4.48. The number of anilines is 2. The summed E-state index contributed by atoms with van der Waals surface area (Å²) in [6.45, 7) is 7.04. The number of hydrogen-bond acceptors (Lipinski definition) is 4. The van der Waals surface area contributed by atoms with Crippen molar-refractivity contribution >= 4 is 35.0 Å². The second kappa shape index (κ2) is 10.5. The molecule has 144 valence electrons. The fourth-order valence-corrected chi connectivity index (χ4v) is 2.61. The maximum atomic E-state index is 12.1. The van der Waals surface area contributed by atoms with Crippen molar-refractivity contribution in [3.63, 3.8) is 0 Å². The van der Waals surface area contributed by atoms with Crippen molar-refractivity contribution in [2.75, 3.05) is 36.9 Å². The minimum atomic E-state index is -0.419.